The van der Waals surface area contributed by atoms with Gasteiger partial charge in [0.25, 0.3) is 0 Å². The number of hydrogen-bond donors (Lipinski definition) is 0. The van der Waals surface area contributed by atoms with Crippen LogP contribution in [0.4, 0.5) is 0 Å². The zero-order chi connectivity index (χ0) is 13.8. The van der Waals surface area contributed by atoms with E-state index in [1.807, 2.05) is 6.92 Å². The molecule has 19 heavy (non-hydrogen) atoms. The van der Waals surface area contributed by atoms with Crippen LogP contribution >= 0.6 is 0 Å². The van der Waals surface area contributed by atoms with Gasteiger partial charge in [-0.15, -0.1) is 0 Å². The Bertz CT molecular complexity index is 409. The fraction of sp³-hybridized carbons (Fsp3) is 0.882. The fourth-order valence-corrected chi connectivity index (χ4v) is 5.19. The van der Waals surface area contributed by atoms with Gasteiger partial charge in [0.2, 0.25) is 0 Å². The molecule has 3 rings (SSSR count). The molecule has 3 aliphatic carbocycles. The number of rotatable bonds is 2. The highest BCUT2D eigenvalue weighted by atomic mass is 16.2. The summed E-state index contributed by atoms with van der Waals surface area (Å²) in [5.74, 6) is 2.65. The van der Waals surface area contributed by atoms with Crippen LogP contribution in [-0.2, 0) is 9.59 Å². The Balaban J connectivity index is 1.72. The first kappa shape index (κ1) is 13.3. The smallest absolute Gasteiger partial charge is 0.146 e. The number of Topliss-reactive ketones (excluding diaryl/α,β-unsaturated/α-hetero) is 2. The average molecular weight is 262 g/mol. The molecular formula is C17H26O2. The third kappa shape index (κ3) is 1.98. The fourth-order valence-electron chi connectivity index (χ4n) is 5.19. The molecule has 0 aromatic rings. The number of fused-ring (bicyclic) bond motifs is 2. The monoisotopic (exact) mass is 262 g/mol. The van der Waals surface area contributed by atoms with Gasteiger partial charge in [-0.1, -0.05) is 13.8 Å². The van der Waals surface area contributed by atoms with Crippen molar-refractivity contribution in [2.24, 2.45) is 35.0 Å². The largest absolute Gasteiger partial charge is 0.299 e. The van der Waals surface area contributed by atoms with Crippen LogP contribution in [0.1, 0.15) is 59.3 Å². The molecule has 3 aliphatic rings. The number of ketones is 2. The van der Waals surface area contributed by atoms with E-state index in [1.54, 1.807) is 0 Å². The number of carbonyl (C=O) groups is 2. The molecular weight excluding hydrogens is 236 g/mol. The van der Waals surface area contributed by atoms with Crippen LogP contribution in [0.2, 0.25) is 0 Å². The van der Waals surface area contributed by atoms with Crippen molar-refractivity contribution >= 4 is 11.6 Å². The van der Waals surface area contributed by atoms with Crippen molar-refractivity contribution < 1.29 is 9.59 Å². The van der Waals surface area contributed by atoms with Crippen molar-refractivity contribution in [3.05, 3.63) is 0 Å². The van der Waals surface area contributed by atoms with Crippen LogP contribution in [-0.4, -0.2) is 11.6 Å². The molecule has 0 spiro atoms. The summed E-state index contributed by atoms with van der Waals surface area (Å²) in [5, 5.41) is 0. The maximum Gasteiger partial charge on any atom is 0.146 e. The summed E-state index contributed by atoms with van der Waals surface area (Å²) >= 11 is 0. The first-order valence-electron chi connectivity index (χ1n) is 7.97. The molecule has 3 fully saturated rings. The Morgan fingerprint density at radius 1 is 1.16 bits per heavy atom. The van der Waals surface area contributed by atoms with Crippen LogP contribution in [0, 0.1) is 35.0 Å². The highest BCUT2D eigenvalue weighted by Crippen LogP contribution is 2.61. The van der Waals surface area contributed by atoms with E-state index in [1.165, 1.54) is 19.3 Å². The summed E-state index contributed by atoms with van der Waals surface area (Å²) in [5.41, 5.74) is 0.411. The molecule has 106 valence electrons. The lowest BCUT2D eigenvalue weighted by Gasteiger charge is -2.40. The van der Waals surface area contributed by atoms with E-state index < -0.39 is 0 Å². The Morgan fingerprint density at radius 2 is 1.89 bits per heavy atom. The van der Waals surface area contributed by atoms with Gasteiger partial charge in [-0.2, -0.15) is 0 Å². The minimum Gasteiger partial charge on any atom is -0.299 e. The summed E-state index contributed by atoms with van der Waals surface area (Å²) in [6.45, 7) is 6.62. The van der Waals surface area contributed by atoms with E-state index >= 15 is 0 Å². The highest BCUT2D eigenvalue weighted by Gasteiger charge is 2.53. The Morgan fingerprint density at radius 3 is 2.53 bits per heavy atom. The highest BCUT2D eigenvalue weighted by molar-refractivity contribution is 6.05. The Labute approximate surface area is 116 Å². The van der Waals surface area contributed by atoms with Gasteiger partial charge in [-0.05, 0) is 62.2 Å². The lowest BCUT2D eigenvalue weighted by atomic mass is 9.64. The van der Waals surface area contributed by atoms with Crippen LogP contribution in [0.25, 0.3) is 0 Å². The van der Waals surface area contributed by atoms with Gasteiger partial charge in [-0.3, -0.25) is 9.59 Å². The number of carbonyl (C=O) groups excluding carboxylic acids is 2. The topological polar surface area (TPSA) is 34.1 Å². The second kappa shape index (κ2) is 4.43. The van der Waals surface area contributed by atoms with Gasteiger partial charge >= 0.3 is 0 Å². The van der Waals surface area contributed by atoms with E-state index in [2.05, 4.69) is 13.8 Å². The van der Waals surface area contributed by atoms with Crippen LogP contribution in [0.3, 0.4) is 0 Å². The van der Waals surface area contributed by atoms with E-state index in [4.69, 9.17) is 0 Å². The molecule has 0 amide bonds. The van der Waals surface area contributed by atoms with E-state index in [9.17, 15) is 9.59 Å². The van der Waals surface area contributed by atoms with Gasteiger partial charge in [0, 0.05) is 12.3 Å². The van der Waals surface area contributed by atoms with Crippen molar-refractivity contribution in [1.29, 1.82) is 0 Å². The summed E-state index contributed by atoms with van der Waals surface area (Å²) in [6.07, 6.45) is 6.62. The molecule has 3 saturated carbocycles. The maximum atomic E-state index is 12.3. The molecule has 0 aromatic carbocycles. The quantitative estimate of drug-likeness (QED) is 0.712. The van der Waals surface area contributed by atoms with Gasteiger partial charge in [0.05, 0.1) is 5.92 Å². The lowest BCUT2D eigenvalue weighted by molar-refractivity contribution is -0.139. The van der Waals surface area contributed by atoms with E-state index in [0.29, 0.717) is 17.8 Å². The minimum atomic E-state index is -0.333. The predicted molar refractivity (Wildman–Crippen MR) is 74.6 cm³/mol. The Hall–Kier alpha value is -0.660. The molecule has 0 saturated heterocycles. The minimum absolute atomic E-state index is 0.161. The lowest BCUT2D eigenvalue weighted by Crippen LogP contribution is -2.38. The predicted octanol–water partition coefficient (Wildman–Crippen LogP) is 3.63. The van der Waals surface area contributed by atoms with Gasteiger partial charge < -0.3 is 0 Å². The first-order valence-corrected chi connectivity index (χ1v) is 7.97. The second-order valence-corrected chi connectivity index (χ2v) is 7.76. The van der Waals surface area contributed by atoms with Crippen LogP contribution in [0.15, 0.2) is 0 Å². The average Bonchev–Trinajstić information content (AvgIpc) is 2.91. The molecule has 5 unspecified atom stereocenters. The molecule has 0 heterocycles. The van der Waals surface area contributed by atoms with Gasteiger partial charge in [-0.25, -0.2) is 0 Å². The molecule has 0 aromatic heterocycles. The molecule has 0 N–H and O–H groups in total. The van der Waals surface area contributed by atoms with Crippen molar-refractivity contribution in [2.75, 3.05) is 0 Å². The van der Waals surface area contributed by atoms with Gasteiger partial charge in [0.15, 0.2) is 0 Å². The SMILES string of the molecule is CC1C(=O)CCC(CC2C3CCC(C3)C2(C)C)C1=O. The molecule has 2 nitrogen and oxygen atoms in total. The number of hydrogen-bond acceptors (Lipinski definition) is 2. The molecule has 2 heteroatoms. The summed E-state index contributed by atoms with van der Waals surface area (Å²) in [4.78, 5) is 23.9. The standard InChI is InChI=1S/C17H26O2/c1-10-15(18)7-5-12(16(10)19)9-14-11-4-6-13(8-11)17(14,2)3/h10-14H,4-9H2,1-3H3. The Kier molecular flexibility index (Phi) is 3.11. The molecule has 0 radical (unpaired) electrons. The second-order valence-electron chi connectivity index (χ2n) is 7.76. The summed E-state index contributed by atoms with van der Waals surface area (Å²) in [6, 6.07) is 0. The zero-order valence-electron chi connectivity index (χ0n) is 12.4. The van der Waals surface area contributed by atoms with Crippen molar-refractivity contribution in [1.82, 2.24) is 0 Å². The van der Waals surface area contributed by atoms with Crippen LogP contribution < -0.4 is 0 Å². The van der Waals surface area contributed by atoms with Crippen molar-refractivity contribution in [3.8, 4) is 0 Å². The first-order chi connectivity index (χ1) is 8.91. The van der Waals surface area contributed by atoms with Gasteiger partial charge in [0.1, 0.15) is 11.6 Å². The summed E-state index contributed by atoms with van der Waals surface area (Å²) in [7, 11) is 0. The molecule has 5 atom stereocenters. The van der Waals surface area contributed by atoms with Crippen molar-refractivity contribution in [3.63, 3.8) is 0 Å². The molecule has 2 bridgehead atoms. The van der Waals surface area contributed by atoms with E-state index in [-0.39, 0.29) is 23.4 Å². The summed E-state index contributed by atoms with van der Waals surface area (Å²) < 4.78 is 0. The van der Waals surface area contributed by atoms with Crippen molar-refractivity contribution in [2.45, 2.75) is 59.3 Å². The van der Waals surface area contributed by atoms with E-state index in [0.717, 1.165) is 24.7 Å². The third-order valence-corrected chi connectivity index (χ3v) is 6.64. The zero-order valence-corrected chi connectivity index (χ0v) is 12.4. The normalized spacial score (nSPS) is 44.9. The maximum absolute atomic E-state index is 12.3. The molecule has 0 aliphatic heterocycles. The third-order valence-electron chi connectivity index (χ3n) is 6.64. The van der Waals surface area contributed by atoms with Crippen LogP contribution in [0.5, 0.6) is 0 Å².